The van der Waals surface area contributed by atoms with Crippen LogP contribution < -0.4 is 5.32 Å². The first kappa shape index (κ1) is 13.9. The fourth-order valence-electron chi connectivity index (χ4n) is 1.95. The van der Waals surface area contributed by atoms with Gasteiger partial charge in [0.05, 0.1) is 17.9 Å². The van der Waals surface area contributed by atoms with Gasteiger partial charge in [-0.05, 0) is 30.7 Å². The van der Waals surface area contributed by atoms with Crippen molar-refractivity contribution in [3.05, 3.63) is 58.0 Å². The first-order valence-electron chi connectivity index (χ1n) is 6.24. The van der Waals surface area contributed by atoms with Crippen molar-refractivity contribution in [2.24, 2.45) is 0 Å². The van der Waals surface area contributed by atoms with Gasteiger partial charge in [0.25, 0.3) is 5.91 Å². The molecule has 100 valence electrons. The van der Waals surface area contributed by atoms with Crippen LogP contribution in [-0.2, 0) is 6.42 Å². The lowest BCUT2D eigenvalue weighted by molar-refractivity contribution is 0.0938. The third kappa shape index (κ3) is 3.26. The lowest BCUT2D eigenvalue weighted by atomic mass is 10.1. The molecule has 1 amide bonds. The van der Waals surface area contributed by atoms with Crippen molar-refractivity contribution in [1.82, 2.24) is 5.32 Å². The van der Waals surface area contributed by atoms with Crippen LogP contribution in [0.5, 0.6) is 0 Å². The zero-order valence-electron chi connectivity index (χ0n) is 10.9. The van der Waals surface area contributed by atoms with E-state index in [0.717, 1.165) is 15.8 Å². The molecular weight excluding hydrogens is 306 g/mol. The number of carbonyl (C=O) groups is 1. The number of furan rings is 1. The predicted octanol–water partition coefficient (Wildman–Crippen LogP) is 4.10. The van der Waals surface area contributed by atoms with Crippen LogP contribution in [0.3, 0.4) is 0 Å². The second-order valence-electron chi connectivity index (χ2n) is 4.36. The summed E-state index contributed by atoms with van der Waals surface area (Å²) < 4.78 is 6.28. The molecule has 1 unspecified atom stereocenters. The molecule has 0 aliphatic heterocycles. The Balaban J connectivity index is 2.11. The Labute approximate surface area is 121 Å². The Morgan fingerprint density at radius 1 is 1.42 bits per heavy atom. The average Bonchev–Trinajstić information content (AvgIpc) is 2.87. The summed E-state index contributed by atoms with van der Waals surface area (Å²) >= 11 is 3.43. The van der Waals surface area contributed by atoms with Gasteiger partial charge in [0, 0.05) is 10.9 Å². The quantitative estimate of drug-likeness (QED) is 0.921. The van der Waals surface area contributed by atoms with Gasteiger partial charge in [-0.3, -0.25) is 4.79 Å². The lowest BCUT2D eigenvalue weighted by Gasteiger charge is -2.14. The molecule has 0 saturated carbocycles. The van der Waals surface area contributed by atoms with Crippen LogP contribution in [0.4, 0.5) is 0 Å². The Morgan fingerprint density at radius 3 is 2.89 bits per heavy atom. The van der Waals surface area contributed by atoms with E-state index in [9.17, 15) is 4.79 Å². The highest BCUT2D eigenvalue weighted by atomic mass is 79.9. The van der Waals surface area contributed by atoms with Gasteiger partial charge in [-0.1, -0.05) is 35.0 Å². The van der Waals surface area contributed by atoms with Crippen LogP contribution in [0.1, 0.15) is 41.6 Å². The average molecular weight is 322 g/mol. The molecule has 0 bridgehead atoms. The standard InChI is InChI=1S/C15H16BrNO2/c1-3-14-13(7-8-19-14)15(18)17-10(2)11-5-4-6-12(16)9-11/h4-10H,3H2,1-2H3,(H,17,18). The highest BCUT2D eigenvalue weighted by molar-refractivity contribution is 9.10. The molecular formula is C15H16BrNO2. The number of amides is 1. The van der Waals surface area contributed by atoms with Crippen LogP contribution in [-0.4, -0.2) is 5.91 Å². The first-order valence-corrected chi connectivity index (χ1v) is 7.03. The second kappa shape index (κ2) is 6.06. The van der Waals surface area contributed by atoms with Crippen LogP contribution in [0.15, 0.2) is 45.5 Å². The Hall–Kier alpha value is -1.55. The summed E-state index contributed by atoms with van der Waals surface area (Å²) in [7, 11) is 0. The van der Waals surface area contributed by atoms with Gasteiger partial charge in [0.2, 0.25) is 0 Å². The van der Waals surface area contributed by atoms with E-state index in [2.05, 4.69) is 21.2 Å². The maximum atomic E-state index is 12.2. The Bertz CT molecular complexity index is 577. The van der Waals surface area contributed by atoms with E-state index in [1.807, 2.05) is 38.1 Å². The van der Waals surface area contributed by atoms with E-state index >= 15 is 0 Å². The van der Waals surface area contributed by atoms with Crippen molar-refractivity contribution in [3.8, 4) is 0 Å². The van der Waals surface area contributed by atoms with Crippen molar-refractivity contribution < 1.29 is 9.21 Å². The number of nitrogens with one attached hydrogen (secondary N) is 1. The molecule has 0 aliphatic rings. The van der Waals surface area contributed by atoms with Crippen molar-refractivity contribution in [1.29, 1.82) is 0 Å². The highest BCUT2D eigenvalue weighted by Crippen LogP contribution is 2.19. The van der Waals surface area contributed by atoms with E-state index in [1.165, 1.54) is 0 Å². The predicted molar refractivity (Wildman–Crippen MR) is 78.1 cm³/mol. The highest BCUT2D eigenvalue weighted by Gasteiger charge is 2.16. The van der Waals surface area contributed by atoms with E-state index in [-0.39, 0.29) is 11.9 Å². The minimum absolute atomic E-state index is 0.0513. The van der Waals surface area contributed by atoms with E-state index in [0.29, 0.717) is 12.0 Å². The maximum absolute atomic E-state index is 12.2. The van der Waals surface area contributed by atoms with Gasteiger partial charge in [-0.25, -0.2) is 0 Å². The van der Waals surface area contributed by atoms with Gasteiger partial charge in [-0.2, -0.15) is 0 Å². The van der Waals surface area contributed by atoms with Gasteiger partial charge in [0.15, 0.2) is 0 Å². The number of aryl methyl sites for hydroxylation is 1. The summed E-state index contributed by atoms with van der Waals surface area (Å²) in [6.07, 6.45) is 2.26. The van der Waals surface area contributed by atoms with Gasteiger partial charge in [0.1, 0.15) is 5.76 Å². The van der Waals surface area contributed by atoms with Crippen LogP contribution in [0, 0.1) is 0 Å². The summed E-state index contributed by atoms with van der Waals surface area (Å²) in [6, 6.07) is 9.57. The number of rotatable bonds is 4. The normalized spacial score (nSPS) is 12.2. The third-order valence-corrected chi connectivity index (χ3v) is 3.50. The number of carbonyl (C=O) groups excluding carboxylic acids is 1. The number of halogens is 1. The summed E-state index contributed by atoms with van der Waals surface area (Å²) in [5.74, 6) is 0.622. The smallest absolute Gasteiger partial charge is 0.255 e. The molecule has 0 fully saturated rings. The molecule has 1 aromatic carbocycles. The summed E-state index contributed by atoms with van der Waals surface area (Å²) in [5.41, 5.74) is 1.67. The number of hydrogen-bond acceptors (Lipinski definition) is 2. The SMILES string of the molecule is CCc1occc1C(=O)NC(C)c1cccc(Br)c1. The van der Waals surface area contributed by atoms with Gasteiger partial charge >= 0.3 is 0 Å². The molecule has 1 aromatic heterocycles. The van der Waals surface area contributed by atoms with Crippen LogP contribution in [0.2, 0.25) is 0 Å². The molecule has 0 saturated heterocycles. The minimum Gasteiger partial charge on any atom is -0.469 e. The van der Waals surface area contributed by atoms with E-state index in [1.54, 1.807) is 12.3 Å². The fourth-order valence-corrected chi connectivity index (χ4v) is 2.37. The largest absolute Gasteiger partial charge is 0.469 e. The van der Waals surface area contributed by atoms with Gasteiger partial charge in [-0.15, -0.1) is 0 Å². The van der Waals surface area contributed by atoms with Crippen molar-refractivity contribution in [2.45, 2.75) is 26.3 Å². The second-order valence-corrected chi connectivity index (χ2v) is 5.28. The van der Waals surface area contributed by atoms with Gasteiger partial charge < -0.3 is 9.73 Å². The van der Waals surface area contributed by atoms with Crippen molar-refractivity contribution >= 4 is 21.8 Å². The van der Waals surface area contributed by atoms with Crippen LogP contribution >= 0.6 is 15.9 Å². The third-order valence-electron chi connectivity index (χ3n) is 3.01. The topological polar surface area (TPSA) is 42.2 Å². The number of benzene rings is 1. The molecule has 0 spiro atoms. The van der Waals surface area contributed by atoms with E-state index in [4.69, 9.17) is 4.42 Å². The zero-order chi connectivity index (χ0) is 13.8. The number of hydrogen-bond donors (Lipinski definition) is 1. The first-order chi connectivity index (χ1) is 9.11. The molecule has 1 atom stereocenters. The lowest BCUT2D eigenvalue weighted by Crippen LogP contribution is -2.27. The fraction of sp³-hybridized carbons (Fsp3) is 0.267. The molecule has 2 rings (SSSR count). The molecule has 19 heavy (non-hydrogen) atoms. The monoisotopic (exact) mass is 321 g/mol. The summed E-state index contributed by atoms with van der Waals surface area (Å²) in [4.78, 5) is 12.2. The summed E-state index contributed by atoms with van der Waals surface area (Å²) in [5, 5.41) is 2.98. The molecule has 1 heterocycles. The Morgan fingerprint density at radius 2 is 2.21 bits per heavy atom. The maximum Gasteiger partial charge on any atom is 0.255 e. The molecule has 3 nitrogen and oxygen atoms in total. The zero-order valence-corrected chi connectivity index (χ0v) is 12.5. The minimum atomic E-state index is -0.0990. The molecule has 4 heteroatoms. The summed E-state index contributed by atoms with van der Waals surface area (Å²) in [6.45, 7) is 3.93. The Kier molecular flexibility index (Phi) is 4.43. The van der Waals surface area contributed by atoms with Crippen molar-refractivity contribution in [3.63, 3.8) is 0 Å². The van der Waals surface area contributed by atoms with Crippen molar-refractivity contribution in [2.75, 3.05) is 0 Å². The van der Waals surface area contributed by atoms with Crippen LogP contribution in [0.25, 0.3) is 0 Å². The molecule has 2 aromatic rings. The molecule has 0 radical (unpaired) electrons. The molecule has 0 aliphatic carbocycles. The van der Waals surface area contributed by atoms with E-state index < -0.39 is 0 Å². The molecule has 1 N–H and O–H groups in total.